The number of carbonyl (C=O) groups excluding carboxylic acids is 1. The van der Waals surface area contributed by atoms with Crippen LogP contribution in [0.25, 0.3) is 5.52 Å². The maximum absolute atomic E-state index is 11.3. The molecule has 0 aliphatic carbocycles. The Morgan fingerprint density at radius 2 is 2.27 bits per heavy atom. The molecule has 0 N–H and O–H groups in total. The lowest BCUT2D eigenvalue weighted by Gasteiger charge is -1.97. The third-order valence-electron chi connectivity index (χ3n) is 2.49. The molecule has 2 aromatic heterocycles. The molecule has 3 nitrogen and oxygen atoms in total. The fourth-order valence-corrected chi connectivity index (χ4v) is 1.60. The molecule has 0 saturated heterocycles. The Kier molecular flexibility index (Phi) is 2.46. The molecule has 0 fully saturated rings. The van der Waals surface area contributed by atoms with Crippen LogP contribution in [0.4, 0.5) is 0 Å². The Morgan fingerprint density at radius 3 is 2.93 bits per heavy atom. The molecule has 0 amide bonds. The van der Waals surface area contributed by atoms with Crippen LogP contribution in [-0.2, 0) is 11.2 Å². The van der Waals surface area contributed by atoms with Crippen molar-refractivity contribution in [3.63, 3.8) is 0 Å². The van der Waals surface area contributed by atoms with E-state index < -0.39 is 0 Å². The van der Waals surface area contributed by atoms with Crippen LogP contribution in [-0.4, -0.2) is 17.5 Å². The number of hydrogen-bond donors (Lipinski definition) is 0. The fourth-order valence-electron chi connectivity index (χ4n) is 1.60. The molecule has 0 bridgehead atoms. The number of esters is 1. The van der Waals surface area contributed by atoms with E-state index in [2.05, 4.69) is 17.7 Å². The van der Waals surface area contributed by atoms with E-state index in [1.54, 1.807) is 6.20 Å². The van der Waals surface area contributed by atoms with Gasteiger partial charge in [0.15, 0.2) is 0 Å². The van der Waals surface area contributed by atoms with Crippen molar-refractivity contribution in [2.75, 3.05) is 7.11 Å². The van der Waals surface area contributed by atoms with Crippen molar-refractivity contribution < 1.29 is 9.53 Å². The van der Waals surface area contributed by atoms with Crippen LogP contribution in [0.5, 0.6) is 0 Å². The van der Waals surface area contributed by atoms with Gasteiger partial charge in [-0.05, 0) is 30.2 Å². The first-order valence-electron chi connectivity index (χ1n) is 4.93. The predicted molar refractivity (Wildman–Crippen MR) is 58.1 cm³/mol. The highest BCUT2D eigenvalue weighted by Gasteiger charge is 2.08. The number of hydrogen-bond acceptors (Lipinski definition) is 2. The highest BCUT2D eigenvalue weighted by Crippen LogP contribution is 2.13. The van der Waals surface area contributed by atoms with Crippen LogP contribution in [0.3, 0.4) is 0 Å². The van der Waals surface area contributed by atoms with Gasteiger partial charge in [-0.1, -0.05) is 6.92 Å². The van der Waals surface area contributed by atoms with Gasteiger partial charge in [-0.25, -0.2) is 4.79 Å². The number of aromatic nitrogens is 1. The van der Waals surface area contributed by atoms with Crippen LogP contribution in [0.1, 0.15) is 22.8 Å². The number of nitrogens with zero attached hydrogens (tertiary/aromatic N) is 1. The first-order chi connectivity index (χ1) is 7.24. The summed E-state index contributed by atoms with van der Waals surface area (Å²) < 4.78 is 6.59. The van der Waals surface area contributed by atoms with Crippen molar-refractivity contribution in [3.05, 3.63) is 41.7 Å². The van der Waals surface area contributed by atoms with Crippen molar-refractivity contribution >= 4 is 11.5 Å². The van der Waals surface area contributed by atoms with Gasteiger partial charge in [0.1, 0.15) is 0 Å². The van der Waals surface area contributed by atoms with E-state index in [9.17, 15) is 4.79 Å². The van der Waals surface area contributed by atoms with Crippen molar-refractivity contribution in [1.82, 2.24) is 4.40 Å². The lowest BCUT2D eigenvalue weighted by molar-refractivity contribution is 0.0601. The topological polar surface area (TPSA) is 30.7 Å². The number of fused-ring (bicyclic) bond motifs is 1. The highest BCUT2D eigenvalue weighted by atomic mass is 16.5. The van der Waals surface area contributed by atoms with Crippen molar-refractivity contribution in [1.29, 1.82) is 0 Å². The maximum Gasteiger partial charge on any atom is 0.339 e. The first kappa shape index (κ1) is 9.77. The number of ether oxygens (including phenoxy) is 1. The monoisotopic (exact) mass is 203 g/mol. The minimum Gasteiger partial charge on any atom is -0.465 e. The summed E-state index contributed by atoms with van der Waals surface area (Å²) in [6.45, 7) is 2.11. The molecule has 0 aliphatic heterocycles. The molecule has 0 spiro atoms. The molecular formula is C12H13NO2. The van der Waals surface area contributed by atoms with Gasteiger partial charge in [-0.2, -0.15) is 0 Å². The Morgan fingerprint density at radius 1 is 1.47 bits per heavy atom. The average Bonchev–Trinajstić information content (AvgIpc) is 2.70. The molecular weight excluding hydrogens is 190 g/mol. The Labute approximate surface area is 88.3 Å². The maximum atomic E-state index is 11.3. The summed E-state index contributed by atoms with van der Waals surface area (Å²) in [6.07, 6.45) is 4.73. The second-order valence-corrected chi connectivity index (χ2v) is 3.44. The van der Waals surface area contributed by atoms with E-state index in [1.165, 1.54) is 12.7 Å². The Hall–Kier alpha value is -1.77. The van der Waals surface area contributed by atoms with E-state index in [1.807, 2.05) is 22.7 Å². The number of aryl methyl sites for hydroxylation is 1. The van der Waals surface area contributed by atoms with E-state index >= 15 is 0 Å². The van der Waals surface area contributed by atoms with Gasteiger partial charge in [0, 0.05) is 17.9 Å². The van der Waals surface area contributed by atoms with Crippen LogP contribution in [0.15, 0.2) is 30.6 Å². The van der Waals surface area contributed by atoms with Gasteiger partial charge in [-0.15, -0.1) is 0 Å². The minimum atomic E-state index is -0.295. The second-order valence-electron chi connectivity index (χ2n) is 3.44. The summed E-state index contributed by atoms with van der Waals surface area (Å²) in [5, 5.41) is 0. The number of pyridine rings is 1. The summed E-state index contributed by atoms with van der Waals surface area (Å²) >= 11 is 0. The summed E-state index contributed by atoms with van der Waals surface area (Å²) in [6, 6.07) is 5.96. The van der Waals surface area contributed by atoms with Gasteiger partial charge in [0.2, 0.25) is 0 Å². The van der Waals surface area contributed by atoms with Gasteiger partial charge < -0.3 is 9.14 Å². The molecule has 3 heteroatoms. The zero-order valence-electron chi connectivity index (χ0n) is 8.86. The molecule has 2 rings (SSSR count). The lowest BCUT2D eigenvalue weighted by Crippen LogP contribution is -1.98. The van der Waals surface area contributed by atoms with Crippen molar-refractivity contribution in [3.8, 4) is 0 Å². The highest BCUT2D eigenvalue weighted by molar-refractivity contribution is 5.91. The van der Waals surface area contributed by atoms with Crippen molar-refractivity contribution in [2.45, 2.75) is 13.3 Å². The van der Waals surface area contributed by atoms with Gasteiger partial charge >= 0.3 is 5.97 Å². The van der Waals surface area contributed by atoms with E-state index in [-0.39, 0.29) is 5.97 Å². The van der Waals surface area contributed by atoms with E-state index in [0.29, 0.717) is 5.56 Å². The summed E-state index contributed by atoms with van der Waals surface area (Å²) in [5.41, 5.74) is 2.87. The molecule has 2 heterocycles. The zero-order chi connectivity index (χ0) is 10.8. The average molecular weight is 203 g/mol. The van der Waals surface area contributed by atoms with Crippen LogP contribution in [0, 0.1) is 0 Å². The number of methoxy groups -OCH3 is 1. The molecule has 0 aliphatic rings. The van der Waals surface area contributed by atoms with Crippen LogP contribution < -0.4 is 0 Å². The second kappa shape index (κ2) is 3.77. The normalized spacial score (nSPS) is 10.5. The minimum absolute atomic E-state index is 0.295. The van der Waals surface area contributed by atoms with Gasteiger partial charge in [0.05, 0.1) is 12.7 Å². The quantitative estimate of drug-likeness (QED) is 0.701. The van der Waals surface area contributed by atoms with Crippen LogP contribution in [0.2, 0.25) is 0 Å². The fraction of sp³-hybridized carbons (Fsp3) is 0.250. The van der Waals surface area contributed by atoms with E-state index in [0.717, 1.165) is 11.9 Å². The molecule has 0 aromatic carbocycles. The summed E-state index contributed by atoms with van der Waals surface area (Å²) in [7, 11) is 1.39. The largest absolute Gasteiger partial charge is 0.465 e. The third kappa shape index (κ3) is 1.73. The smallest absolute Gasteiger partial charge is 0.339 e. The molecule has 78 valence electrons. The number of rotatable bonds is 2. The molecule has 0 saturated carbocycles. The molecule has 0 unspecified atom stereocenters. The standard InChI is InChI=1S/C12H13NO2/c1-3-9-4-5-13-8-10(12(14)15-2)7-11(13)6-9/h4-8H,3H2,1-2H3. The molecule has 0 radical (unpaired) electrons. The predicted octanol–water partition coefficient (Wildman–Crippen LogP) is 2.29. The molecule has 0 atom stereocenters. The Bertz CT molecular complexity index is 499. The van der Waals surface area contributed by atoms with Gasteiger partial charge in [-0.3, -0.25) is 0 Å². The first-order valence-corrected chi connectivity index (χ1v) is 4.93. The third-order valence-corrected chi connectivity index (χ3v) is 2.49. The van der Waals surface area contributed by atoms with E-state index in [4.69, 9.17) is 0 Å². The SMILES string of the molecule is CCc1ccn2cc(C(=O)OC)cc2c1. The molecule has 2 aromatic rings. The Balaban J connectivity index is 2.51. The van der Waals surface area contributed by atoms with Crippen LogP contribution >= 0.6 is 0 Å². The summed E-state index contributed by atoms with van der Waals surface area (Å²) in [4.78, 5) is 11.3. The molecule has 15 heavy (non-hydrogen) atoms. The van der Waals surface area contributed by atoms with Gasteiger partial charge in [0.25, 0.3) is 0 Å². The summed E-state index contributed by atoms with van der Waals surface area (Å²) in [5.74, 6) is -0.295. The lowest BCUT2D eigenvalue weighted by atomic mass is 10.2. The zero-order valence-corrected chi connectivity index (χ0v) is 8.86. The van der Waals surface area contributed by atoms with Crippen molar-refractivity contribution in [2.24, 2.45) is 0 Å². The number of carbonyl (C=O) groups is 1.